The van der Waals surface area contributed by atoms with Crippen molar-refractivity contribution in [2.75, 3.05) is 104 Å². The quantitative estimate of drug-likeness (QED) is 0.0720. The summed E-state index contributed by atoms with van der Waals surface area (Å²) in [6, 6.07) is 8.46. The van der Waals surface area contributed by atoms with Crippen LogP contribution in [0.3, 0.4) is 0 Å². The van der Waals surface area contributed by atoms with E-state index in [2.05, 4.69) is 47.1 Å². The zero-order chi connectivity index (χ0) is 28.6. The third kappa shape index (κ3) is 26.1. The van der Waals surface area contributed by atoms with Crippen LogP contribution < -0.4 is 4.74 Å². The summed E-state index contributed by atoms with van der Waals surface area (Å²) in [7, 11) is 0. The summed E-state index contributed by atoms with van der Waals surface area (Å²) in [4.78, 5) is 0. The molecule has 1 aromatic carbocycles. The van der Waals surface area contributed by atoms with Gasteiger partial charge in [-0.1, -0.05) is 73.5 Å². The molecular weight excluding hydrogens is 580 g/mol. The van der Waals surface area contributed by atoms with Gasteiger partial charge in [-0.25, -0.2) is 0 Å². The Morgan fingerprint density at radius 1 is 0.450 bits per heavy atom. The number of ether oxygens (including phenoxy) is 8. The monoisotopic (exact) mass is 634 g/mol. The van der Waals surface area contributed by atoms with Gasteiger partial charge in [0.25, 0.3) is 0 Å². The number of hydrogen-bond donors (Lipinski definition) is 0. The second-order valence-corrected chi connectivity index (χ2v) is 10.1. The highest BCUT2D eigenvalue weighted by Crippen LogP contribution is 2.15. The van der Waals surface area contributed by atoms with Crippen molar-refractivity contribution in [3.63, 3.8) is 0 Å². The lowest BCUT2D eigenvalue weighted by atomic mass is 10.0. The Kier molecular flexibility index (Phi) is 29.0. The SMILES string of the molecule is CCCCCCCCCc1ccc(OCCOCCOCCOCCOCCOCCOCCOCCBr)cc1. The molecule has 9 heteroatoms. The molecule has 0 saturated heterocycles. The molecule has 40 heavy (non-hydrogen) atoms. The minimum atomic E-state index is 0.534. The highest BCUT2D eigenvalue weighted by atomic mass is 79.9. The number of aryl methyl sites for hydroxylation is 1. The van der Waals surface area contributed by atoms with Crippen molar-refractivity contribution in [3.05, 3.63) is 29.8 Å². The lowest BCUT2D eigenvalue weighted by molar-refractivity contribution is -0.0208. The van der Waals surface area contributed by atoms with Crippen molar-refractivity contribution in [2.45, 2.75) is 58.3 Å². The largest absolute Gasteiger partial charge is 0.491 e. The Balaban J connectivity index is 1.76. The minimum absolute atomic E-state index is 0.534. The van der Waals surface area contributed by atoms with Crippen LogP contribution in [-0.2, 0) is 39.6 Å². The van der Waals surface area contributed by atoms with Crippen LogP contribution >= 0.6 is 15.9 Å². The van der Waals surface area contributed by atoms with E-state index in [1.54, 1.807) is 0 Å². The number of alkyl halides is 1. The fourth-order valence-electron chi connectivity index (χ4n) is 3.73. The molecule has 8 nitrogen and oxygen atoms in total. The van der Waals surface area contributed by atoms with E-state index < -0.39 is 0 Å². The van der Waals surface area contributed by atoms with Gasteiger partial charge in [-0.15, -0.1) is 0 Å². The second-order valence-electron chi connectivity index (χ2n) is 9.34. The molecule has 234 valence electrons. The molecule has 0 aliphatic carbocycles. The fraction of sp³-hybridized carbons (Fsp3) is 0.806. The predicted octanol–water partition coefficient (Wildman–Crippen LogP) is 5.87. The molecule has 1 aromatic rings. The highest BCUT2D eigenvalue weighted by molar-refractivity contribution is 9.09. The van der Waals surface area contributed by atoms with Crippen LogP contribution in [0.5, 0.6) is 5.75 Å². The van der Waals surface area contributed by atoms with Crippen LogP contribution in [0.2, 0.25) is 0 Å². The maximum atomic E-state index is 5.77. The number of hydrogen-bond acceptors (Lipinski definition) is 8. The van der Waals surface area contributed by atoms with E-state index in [-0.39, 0.29) is 0 Å². The lowest BCUT2D eigenvalue weighted by Crippen LogP contribution is -2.15. The first kappa shape index (κ1) is 37.2. The van der Waals surface area contributed by atoms with E-state index in [1.165, 1.54) is 50.5 Å². The van der Waals surface area contributed by atoms with Gasteiger partial charge in [-0.05, 0) is 30.5 Å². The molecule has 0 bridgehead atoms. The molecule has 0 unspecified atom stereocenters. The number of unbranched alkanes of at least 4 members (excludes halogenated alkanes) is 6. The van der Waals surface area contributed by atoms with Crippen molar-refractivity contribution in [3.8, 4) is 5.75 Å². The average molecular weight is 636 g/mol. The Morgan fingerprint density at radius 3 is 1.25 bits per heavy atom. The fourth-order valence-corrected chi connectivity index (χ4v) is 3.96. The summed E-state index contributed by atoms with van der Waals surface area (Å²) in [5, 5.41) is 0.844. The van der Waals surface area contributed by atoms with Crippen LogP contribution in [0.25, 0.3) is 0 Å². The molecule has 0 amide bonds. The molecule has 0 aliphatic heterocycles. The summed E-state index contributed by atoms with van der Waals surface area (Å²) in [5.74, 6) is 0.893. The Bertz CT molecular complexity index is 620. The number of rotatable bonds is 32. The maximum absolute atomic E-state index is 5.77. The maximum Gasteiger partial charge on any atom is 0.119 e. The van der Waals surface area contributed by atoms with E-state index in [4.69, 9.17) is 37.9 Å². The normalized spacial score (nSPS) is 11.3. The molecule has 1 rings (SSSR count). The first-order valence-corrected chi connectivity index (χ1v) is 16.3. The van der Waals surface area contributed by atoms with E-state index in [9.17, 15) is 0 Å². The minimum Gasteiger partial charge on any atom is -0.491 e. The Hall–Kier alpha value is -0.780. The standard InChI is InChI=1S/C31H55BrO8/c1-2-3-4-5-6-7-8-9-30-10-12-31(13-11-30)40-29-28-39-27-26-38-25-24-37-23-22-36-21-20-35-19-18-34-17-16-33-15-14-32/h10-13H,2-9,14-29H2,1H3. The van der Waals surface area contributed by atoms with Crippen LogP contribution in [-0.4, -0.2) is 104 Å². The van der Waals surface area contributed by atoms with Crippen molar-refractivity contribution in [1.82, 2.24) is 0 Å². The molecule has 0 radical (unpaired) electrons. The predicted molar refractivity (Wildman–Crippen MR) is 163 cm³/mol. The van der Waals surface area contributed by atoms with E-state index in [0.717, 1.165) is 17.5 Å². The Morgan fingerprint density at radius 2 is 0.825 bits per heavy atom. The average Bonchev–Trinajstić information content (AvgIpc) is 2.98. The van der Waals surface area contributed by atoms with Gasteiger partial charge in [0.15, 0.2) is 0 Å². The molecule has 0 aliphatic rings. The summed E-state index contributed by atoms with van der Waals surface area (Å²) in [5.41, 5.74) is 1.39. The third-order valence-electron chi connectivity index (χ3n) is 5.94. The van der Waals surface area contributed by atoms with Crippen LogP contribution in [0.15, 0.2) is 24.3 Å². The van der Waals surface area contributed by atoms with Gasteiger partial charge >= 0.3 is 0 Å². The van der Waals surface area contributed by atoms with Crippen LogP contribution in [0.1, 0.15) is 57.4 Å². The van der Waals surface area contributed by atoms with E-state index >= 15 is 0 Å². The van der Waals surface area contributed by atoms with Gasteiger partial charge in [0.2, 0.25) is 0 Å². The van der Waals surface area contributed by atoms with E-state index in [1.807, 2.05) is 0 Å². The molecule has 0 heterocycles. The number of halogens is 1. The smallest absolute Gasteiger partial charge is 0.119 e. The van der Waals surface area contributed by atoms with Gasteiger partial charge in [-0.3, -0.25) is 0 Å². The van der Waals surface area contributed by atoms with Crippen molar-refractivity contribution < 1.29 is 37.9 Å². The molecule has 0 saturated carbocycles. The molecule has 0 N–H and O–H groups in total. The molecule has 0 aromatic heterocycles. The van der Waals surface area contributed by atoms with Crippen molar-refractivity contribution >= 4 is 15.9 Å². The summed E-state index contributed by atoms with van der Waals surface area (Å²) in [6.07, 6.45) is 10.6. The van der Waals surface area contributed by atoms with Crippen molar-refractivity contribution in [1.29, 1.82) is 0 Å². The zero-order valence-electron chi connectivity index (χ0n) is 24.9. The topological polar surface area (TPSA) is 73.8 Å². The summed E-state index contributed by atoms with van der Waals surface area (Å²) in [6.45, 7) is 10.7. The first-order chi connectivity index (χ1) is 19.9. The van der Waals surface area contributed by atoms with Crippen LogP contribution in [0, 0.1) is 0 Å². The Labute approximate surface area is 251 Å². The molecule has 0 fully saturated rings. The van der Waals surface area contributed by atoms with Crippen LogP contribution in [0.4, 0.5) is 0 Å². The molecule has 0 spiro atoms. The highest BCUT2D eigenvalue weighted by Gasteiger charge is 1.99. The zero-order valence-corrected chi connectivity index (χ0v) is 26.5. The molecular formula is C31H55BrO8. The summed E-state index contributed by atoms with van der Waals surface area (Å²) >= 11 is 3.31. The third-order valence-corrected chi connectivity index (χ3v) is 6.27. The second kappa shape index (κ2) is 31.2. The van der Waals surface area contributed by atoms with Crippen molar-refractivity contribution in [2.24, 2.45) is 0 Å². The molecule has 0 atom stereocenters. The van der Waals surface area contributed by atoms with Gasteiger partial charge in [0.1, 0.15) is 12.4 Å². The lowest BCUT2D eigenvalue weighted by Gasteiger charge is -2.09. The van der Waals surface area contributed by atoms with E-state index in [0.29, 0.717) is 99.1 Å². The number of benzene rings is 1. The van der Waals surface area contributed by atoms with Gasteiger partial charge in [0.05, 0.1) is 92.5 Å². The first-order valence-electron chi connectivity index (χ1n) is 15.2. The van der Waals surface area contributed by atoms with Gasteiger partial charge < -0.3 is 37.9 Å². The van der Waals surface area contributed by atoms with Gasteiger partial charge in [0, 0.05) is 5.33 Å². The summed E-state index contributed by atoms with van der Waals surface area (Å²) < 4.78 is 44.0. The van der Waals surface area contributed by atoms with Gasteiger partial charge in [-0.2, -0.15) is 0 Å².